The van der Waals surface area contributed by atoms with Crippen molar-refractivity contribution in [2.75, 3.05) is 19.6 Å². The second-order valence-corrected chi connectivity index (χ2v) is 25.2. The van der Waals surface area contributed by atoms with E-state index < -0.39 is 63.8 Å². The van der Waals surface area contributed by atoms with Gasteiger partial charge in [-0.1, -0.05) is 109 Å². The van der Waals surface area contributed by atoms with E-state index in [-0.39, 0.29) is 110 Å². The second-order valence-electron chi connectivity index (χ2n) is 23.5. The number of para-hydroxylation sites is 1. The summed E-state index contributed by atoms with van der Waals surface area (Å²) in [5.41, 5.74) is 1.55. The summed E-state index contributed by atoms with van der Waals surface area (Å²) < 4.78 is 58.4. The van der Waals surface area contributed by atoms with Gasteiger partial charge in [-0.3, -0.25) is 48.5 Å². The average molecular weight is 1450 g/mol. The number of carbonyl (C=O) groups excluding carboxylic acids is 8. The minimum absolute atomic E-state index is 0.00181. The van der Waals surface area contributed by atoms with Gasteiger partial charge >= 0.3 is 6.18 Å². The number of benzene rings is 11. The van der Waals surface area contributed by atoms with Crippen LogP contribution in [-0.2, 0) is 5.41 Å². The molecule has 0 aliphatic carbocycles. The minimum Gasteiger partial charge on any atom is -0.457 e. The molecule has 4 aliphatic heterocycles. The van der Waals surface area contributed by atoms with E-state index in [0.717, 1.165) is 32.1 Å². The van der Waals surface area contributed by atoms with E-state index in [1.807, 2.05) is 42.5 Å². The molecule has 4 aliphatic rings. The standard InChI is InChI=1S/C77H42Br2F3N5O12/c1-76(77(80,81)82,45-21-29-50(30-22-45)99-52-33-25-47(26-34-52)84-71(91)59-15-8-13-55(66(59)75(84)95)43-18-36-57-61(38-43)73(93)86(69(57)89)67-62(78)39-48(87(96)97)40-63(67)79)44-19-27-49(28-20-44)98-51-31-23-46(24-32-51)83-70(90)58-14-7-12-54(65(58)74(83)94)42-17-35-56-60(37-42)72(92)85(68(56)88)64-16-6-5-11-53(64)41-9-3-2-4-10-41/h2-40H,1H3. The van der Waals surface area contributed by atoms with E-state index in [2.05, 4.69) is 31.9 Å². The molecule has 99 heavy (non-hydrogen) atoms. The number of hydrogen-bond donors (Lipinski definition) is 0. The Morgan fingerprint density at radius 2 is 0.737 bits per heavy atom. The second kappa shape index (κ2) is 23.8. The first-order valence-electron chi connectivity index (χ1n) is 30.3. The van der Waals surface area contributed by atoms with Crippen LogP contribution >= 0.6 is 31.9 Å². The van der Waals surface area contributed by atoms with E-state index in [9.17, 15) is 48.5 Å². The number of alkyl halides is 3. The molecule has 1 atom stereocenters. The van der Waals surface area contributed by atoms with Gasteiger partial charge in [-0.25, -0.2) is 19.6 Å². The Bertz CT molecular complexity index is 5380. The fourth-order valence-corrected chi connectivity index (χ4v) is 14.5. The van der Waals surface area contributed by atoms with E-state index in [1.54, 1.807) is 60.7 Å². The zero-order valence-corrected chi connectivity index (χ0v) is 54.2. The minimum atomic E-state index is -4.80. The molecule has 0 bridgehead atoms. The Labute approximate surface area is 575 Å². The van der Waals surface area contributed by atoms with Crippen LogP contribution in [0.2, 0.25) is 0 Å². The Hall–Kier alpha value is -12.3. The Morgan fingerprint density at radius 3 is 1.18 bits per heavy atom. The molecule has 1 unspecified atom stereocenters. The summed E-state index contributed by atoms with van der Waals surface area (Å²) in [6.07, 6.45) is -4.80. The number of ether oxygens (including phenoxy) is 2. The number of halogens is 5. The number of amides is 8. The highest BCUT2D eigenvalue weighted by Gasteiger charge is 2.54. The Morgan fingerprint density at radius 1 is 0.364 bits per heavy atom. The molecule has 15 rings (SSSR count). The molecule has 0 fully saturated rings. The molecule has 0 saturated carbocycles. The fourth-order valence-electron chi connectivity index (χ4n) is 13.0. The first kappa shape index (κ1) is 62.8. The number of carbonyl (C=O) groups is 8. The highest BCUT2D eigenvalue weighted by atomic mass is 79.9. The van der Waals surface area contributed by atoms with Crippen LogP contribution in [0.25, 0.3) is 33.4 Å². The molecule has 482 valence electrons. The van der Waals surface area contributed by atoms with Gasteiger partial charge in [0.05, 0.1) is 72.2 Å². The van der Waals surface area contributed by atoms with Crippen molar-refractivity contribution in [3.63, 3.8) is 0 Å². The normalized spacial score (nSPS) is 14.6. The average Bonchev–Trinajstić information content (AvgIpc) is 1.64. The molecule has 0 saturated heterocycles. The van der Waals surface area contributed by atoms with E-state index in [0.29, 0.717) is 33.5 Å². The topological polar surface area (TPSA) is 211 Å². The highest BCUT2D eigenvalue weighted by molar-refractivity contribution is 9.11. The molecule has 17 nitrogen and oxygen atoms in total. The smallest absolute Gasteiger partial charge is 0.402 e. The van der Waals surface area contributed by atoms with Crippen LogP contribution in [0.4, 0.5) is 41.6 Å². The molecule has 4 heterocycles. The zero-order chi connectivity index (χ0) is 69.1. The third-order valence-corrected chi connectivity index (χ3v) is 19.2. The summed E-state index contributed by atoms with van der Waals surface area (Å²) in [7, 11) is 0. The van der Waals surface area contributed by atoms with Gasteiger partial charge in [0.2, 0.25) is 0 Å². The largest absolute Gasteiger partial charge is 0.457 e. The lowest BCUT2D eigenvalue weighted by Gasteiger charge is -2.33. The van der Waals surface area contributed by atoms with Crippen LogP contribution in [-0.4, -0.2) is 58.4 Å². The lowest BCUT2D eigenvalue weighted by Crippen LogP contribution is -2.40. The maximum atomic E-state index is 15.4. The first-order chi connectivity index (χ1) is 47.6. The van der Waals surface area contributed by atoms with Crippen LogP contribution in [0.5, 0.6) is 23.0 Å². The third kappa shape index (κ3) is 10.3. The fraction of sp³-hybridized carbons (Fsp3) is 0.0390. The number of anilines is 4. The molecule has 0 N–H and O–H groups in total. The lowest BCUT2D eigenvalue weighted by molar-refractivity contribution is -0.385. The summed E-state index contributed by atoms with van der Waals surface area (Å²) >= 11 is 6.51. The predicted molar refractivity (Wildman–Crippen MR) is 367 cm³/mol. The molecule has 11 aromatic carbocycles. The SMILES string of the molecule is CC(c1ccc(Oc2ccc(N3C(=O)c4cccc(-c5ccc6c(c5)C(=O)N(c5ccccc5-c5ccccc5)C6=O)c4C3=O)cc2)cc1)(c1ccc(Oc2ccc(N3C(=O)c4cccc(-c5ccc6c(c5)C(=O)N(c5c(Br)cc([N+](=O)[O-])cc5Br)C6=O)c4C3=O)cc2)cc1)C(F)(F)F. The summed E-state index contributed by atoms with van der Waals surface area (Å²) in [5.74, 6) is -4.14. The summed E-state index contributed by atoms with van der Waals surface area (Å²) in [6, 6.07) is 60.2. The molecule has 0 aromatic heterocycles. The summed E-state index contributed by atoms with van der Waals surface area (Å²) in [6.45, 7) is 1.06. The number of hydrogen-bond acceptors (Lipinski definition) is 12. The van der Waals surface area contributed by atoms with Crippen molar-refractivity contribution in [2.24, 2.45) is 0 Å². The van der Waals surface area contributed by atoms with E-state index in [4.69, 9.17) is 9.47 Å². The van der Waals surface area contributed by atoms with E-state index >= 15 is 13.2 Å². The molecule has 0 spiro atoms. The monoisotopic (exact) mass is 1440 g/mol. The molecule has 11 aromatic rings. The number of non-ortho nitro benzene ring substituents is 1. The van der Waals surface area contributed by atoms with Gasteiger partial charge < -0.3 is 9.47 Å². The maximum absolute atomic E-state index is 15.4. The predicted octanol–water partition coefficient (Wildman–Crippen LogP) is 17.8. The van der Waals surface area contributed by atoms with Gasteiger partial charge in [0.1, 0.15) is 28.4 Å². The van der Waals surface area contributed by atoms with Gasteiger partial charge in [0, 0.05) is 26.6 Å². The quantitative estimate of drug-likeness (QED) is 0.0565. The van der Waals surface area contributed by atoms with Gasteiger partial charge in [0.25, 0.3) is 52.9 Å². The number of fused-ring (bicyclic) bond motifs is 4. The van der Waals surface area contributed by atoms with Crippen LogP contribution in [0.15, 0.2) is 246 Å². The van der Waals surface area contributed by atoms with Crippen molar-refractivity contribution < 1.29 is 65.9 Å². The van der Waals surface area contributed by atoms with Crippen molar-refractivity contribution in [3.8, 4) is 56.4 Å². The van der Waals surface area contributed by atoms with Crippen molar-refractivity contribution >= 4 is 108 Å². The molecular weight excluding hydrogens is 1400 g/mol. The number of imide groups is 4. The highest BCUT2D eigenvalue weighted by Crippen LogP contribution is 2.49. The van der Waals surface area contributed by atoms with Gasteiger partial charge in [-0.2, -0.15) is 13.2 Å². The van der Waals surface area contributed by atoms with Crippen molar-refractivity contribution in [1.82, 2.24) is 0 Å². The van der Waals surface area contributed by atoms with Crippen LogP contribution < -0.4 is 29.1 Å². The number of nitrogens with zero attached hydrogens (tertiary/aromatic N) is 5. The third-order valence-electron chi connectivity index (χ3n) is 18.0. The van der Waals surface area contributed by atoms with Crippen LogP contribution in [0.1, 0.15) is 101 Å². The number of rotatable bonds is 14. The summed E-state index contributed by atoms with van der Waals surface area (Å²) in [4.78, 5) is 127. The zero-order valence-electron chi connectivity index (χ0n) is 51.0. The van der Waals surface area contributed by atoms with Gasteiger partial charge in [0.15, 0.2) is 0 Å². The van der Waals surface area contributed by atoms with Crippen molar-refractivity contribution in [2.45, 2.75) is 18.5 Å². The van der Waals surface area contributed by atoms with Crippen molar-refractivity contribution in [1.29, 1.82) is 0 Å². The van der Waals surface area contributed by atoms with Crippen LogP contribution in [0, 0.1) is 10.1 Å². The Balaban J connectivity index is 0.599. The molecule has 0 radical (unpaired) electrons. The van der Waals surface area contributed by atoms with Crippen LogP contribution in [0.3, 0.4) is 0 Å². The van der Waals surface area contributed by atoms with Gasteiger partial charge in [-0.15, -0.1) is 0 Å². The van der Waals surface area contributed by atoms with Gasteiger partial charge in [-0.05, 0) is 193 Å². The number of nitro groups is 1. The maximum Gasteiger partial charge on any atom is 0.402 e. The molecule has 8 amide bonds. The summed E-state index contributed by atoms with van der Waals surface area (Å²) in [5, 5.41) is 11.5. The lowest BCUT2D eigenvalue weighted by atomic mass is 9.75. The number of nitro benzene ring substituents is 1. The van der Waals surface area contributed by atoms with E-state index in [1.165, 1.54) is 133 Å². The van der Waals surface area contributed by atoms with Crippen molar-refractivity contribution in [3.05, 3.63) is 311 Å². The molecule has 22 heteroatoms. The Kier molecular flexibility index (Phi) is 15.1. The molecular formula is C77H42Br2F3N5O12. The first-order valence-corrected chi connectivity index (χ1v) is 31.9.